The Kier molecular flexibility index (Phi) is 10.4. The van der Waals surface area contributed by atoms with Crippen LogP contribution in [0.4, 0.5) is 0 Å². The molecule has 0 saturated heterocycles. The zero-order valence-corrected chi connectivity index (χ0v) is 22.2. The number of rotatable bonds is 13. The van der Waals surface area contributed by atoms with Crippen molar-refractivity contribution >= 4 is 23.4 Å². The van der Waals surface area contributed by atoms with Gasteiger partial charge in [-0.15, -0.1) is 0 Å². The Morgan fingerprint density at radius 2 is 1.83 bits per heavy atom. The predicted octanol–water partition coefficient (Wildman–Crippen LogP) is 5.41. The summed E-state index contributed by atoms with van der Waals surface area (Å²) in [6, 6.07) is 15.6. The maximum Gasteiger partial charge on any atom is 0.187 e. The molecule has 0 aliphatic rings. The van der Waals surface area contributed by atoms with Gasteiger partial charge in [0.1, 0.15) is 25.0 Å². The second-order valence-corrected chi connectivity index (χ2v) is 9.64. The van der Waals surface area contributed by atoms with E-state index in [4.69, 9.17) is 30.9 Å². The normalized spacial score (nSPS) is 11.2. The second kappa shape index (κ2) is 13.5. The summed E-state index contributed by atoms with van der Waals surface area (Å²) < 4.78 is 17.0. The Morgan fingerprint density at radius 1 is 1.06 bits per heavy atom. The lowest BCUT2D eigenvalue weighted by molar-refractivity contribution is 0.0882. The van der Waals surface area contributed by atoms with Gasteiger partial charge in [-0.05, 0) is 54.1 Å². The number of ether oxygens (including phenoxy) is 3. The van der Waals surface area contributed by atoms with Crippen molar-refractivity contribution in [3.05, 3.63) is 76.1 Å². The van der Waals surface area contributed by atoms with Crippen molar-refractivity contribution in [3.63, 3.8) is 0 Å². The fraction of sp³-hybridized carbons (Fsp3) is 0.370. The molecule has 190 valence electrons. The van der Waals surface area contributed by atoms with E-state index in [0.717, 1.165) is 22.6 Å². The Balaban J connectivity index is 1.69. The van der Waals surface area contributed by atoms with Gasteiger partial charge in [0.05, 0.1) is 22.9 Å². The SMILES string of the molecule is CSc1nccc(COc2ccc(C(C)(C)c3cc(Cl)c(OCCOCCCO)c(C#N)c3)cc2)n1. The minimum atomic E-state index is -0.417. The summed E-state index contributed by atoms with van der Waals surface area (Å²) in [5.41, 5.74) is 2.72. The van der Waals surface area contributed by atoms with Gasteiger partial charge in [-0.2, -0.15) is 5.26 Å². The van der Waals surface area contributed by atoms with Crippen molar-refractivity contribution in [2.75, 3.05) is 32.7 Å². The van der Waals surface area contributed by atoms with Gasteiger partial charge in [0.15, 0.2) is 10.9 Å². The van der Waals surface area contributed by atoms with Crippen LogP contribution in [-0.4, -0.2) is 47.8 Å². The fourth-order valence-electron chi connectivity index (χ4n) is 3.50. The van der Waals surface area contributed by atoms with Crippen molar-refractivity contribution in [2.45, 2.75) is 37.4 Å². The van der Waals surface area contributed by atoms with E-state index in [1.807, 2.05) is 48.7 Å². The minimum Gasteiger partial charge on any atom is -0.488 e. The average Bonchev–Trinajstić information content (AvgIpc) is 2.90. The molecular formula is C27H30ClN3O4S. The van der Waals surface area contributed by atoms with Gasteiger partial charge in [-0.25, -0.2) is 9.97 Å². The lowest BCUT2D eigenvalue weighted by Gasteiger charge is -2.27. The molecular weight excluding hydrogens is 498 g/mol. The van der Waals surface area contributed by atoms with Crippen LogP contribution >= 0.6 is 23.4 Å². The molecule has 0 fully saturated rings. The molecule has 7 nitrogen and oxygen atoms in total. The number of nitriles is 1. The zero-order chi connectivity index (χ0) is 26.0. The third-order valence-electron chi connectivity index (χ3n) is 5.64. The van der Waals surface area contributed by atoms with Crippen molar-refractivity contribution in [1.29, 1.82) is 5.26 Å². The number of halogens is 1. The molecule has 0 radical (unpaired) electrons. The summed E-state index contributed by atoms with van der Waals surface area (Å²) in [6.07, 6.45) is 4.24. The first-order valence-corrected chi connectivity index (χ1v) is 13.1. The third-order valence-corrected chi connectivity index (χ3v) is 6.49. The highest BCUT2D eigenvalue weighted by atomic mass is 35.5. The Hall–Kier alpha value is -2.83. The fourth-order valence-corrected chi connectivity index (χ4v) is 4.15. The van der Waals surface area contributed by atoms with Crippen LogP contribution in [0.1, 0.15) is 42.7 Å². The van der Waals surface area contributed by atoms with Crippen molar-refractivity contribution in [3.8, 4) is 17.6 Å². The monoisotopic (exact) mass is 527 g/mol. The molecule has 0 amide bonds. The molecule has 0 bridgehead atoms. The maximum absolute atomic E-state index is 9.72. The summed E-state index contributed by atoms with van der Waals surface area (Å²) in [6.45, 7) is 5.66. The number of hydrogen-bond acceptors (Lipinski definition) is 8. The van der Waals surface area contributed by atoms with Gasteiger partial charge in [0.25, 0.3) is 0 Å². The van der Waals surface area contributed by atoms with Crippen LogP contribution in [0.25, 0.3) is 0 Å². The molecule has 0 aliphatic carbocycles. The van der Waals surface area contributed by atoms with Crippen LogP contribution in [-0.2, 0) is 16.8 Å². The van der Waals surface area contributed by atoms with Gasteiger partial charge in [-0.1, -0.05) is 49.3 Å². The first-order chi connectivity index (χ1) is 17.4. The number of aromatic nitrogens is 2. The van der Waals surface area contributed by atoms with Crippen molar-refractivity contribution in [2.24, 2.45) is 0 Å². The van der Waals surface area contributed by atoms with Crippen LogP contribution in [0.2, 0.25) is 5.02 Å². The smallest absolute Gasteiger partial charge is 0.187 e. The molecule has 36 heavy (non-hydrogen) atoms. The summed E-state index contributed by atoms with van der Waals surface area (Å²) in [5, 5.41) is 19.6. The van der Waals surface area contributed by atoms with E-state index >= 15 is 0 Å². The van der Waals surface area contributed by atoms with Crippen molar-refractivity contribution in [1.82, 2.24) is 9.97 Å². The largest absolute Gasteiger partial charge is 0.488 e. The molecule has 3 rings (SSSR count). The highest BCUT2D eigenvalue weighted by Crippen LogP contribution is 2.38. The molecule has 1 N–H and O–H groups in total. The molecule has 0 unspecified atom stereocenters. The van der Waals surface area contributed by atoms with Crippen LogP contribution in [0, 0.1) is 11.3 Å². The third kappa shape index (κ3) is 7.34. The van der Waals surface area contributed by atoms with E-state index < -0.39 is 5.41 Å². The lowest BCUT2D eigenvalue weighted by Crippen LogP contribution is -2.19. The van der Waals surface area contributed by atoms with Crippen LogP contribution in [0.15, 0.2) is 53.8 Å². The topological polar surface area (TPSA) is 97.5 Å². The number of nitrogens with zero attached hydrogens (tertiary/aromatic N) is 3. The number of aliphatic hydroxyl groups is 1. The second-order valence-electron chi connectivity index (χ2n) is 8.46. The summed E-state index contributed by atoms with van der Waals surface area (Å²) in [5.74, 6) is 1.09. The Bertz CT molecular complexity index is 1180. The van der Waals surface area contributed by atoms with E-state index in [1.54, 1.807) is 6.20 Å². The predicted molar refractivity (Wildman–Crippen MR) is 141 cm³/mol. The van der Waals surface area contributed by atoms with Crippen LogP contribution in [0.3, 0.4) is 0 Å². The molecule has 9 heteroatoms. The minimum absolute atomic E-state index is 0.0838. The van der Waals surface area contributed by atoms with E-state index in [2.05, 4.69) is 29.9 Å². The van der Waals surface area contributed by atoms with Gasteiger partial charge < -0.3 is 19.3 Å². The van der Waals surface area contributed by atoms with Crippen LogP contribution < -0.4 is 9.47 Å². The molecule has 0 saturated carbocycles. The molecule has 0 aliphatic heterocycles. The number of aliphatic hydroxyl groups excluding tert-OH is 1. The van der Waals surface area contributed by atoms with Crippen LogP contribution in [0.5, 0.6) is 11.5 Å². The maximum atomic E-state index is 9.72. The van der Waals surface area contributed by atoms with Gasteiger partial charge in [-0.3, -0.25) is 0 Å². The van der Waals surface area contributed by atoms with Gasteiger partial charge in [0, 0.05) is 24.8 Å². The highest BCUT2D eigenvalue weighted by Gasteiger charge is 2.26. The van der Waals surface area contributed by atoms with Gasteiger partial charge in [0.2, 0.25) is 0 Å². The number of hydrogen-bond donors (Lipinski definition) is 1. The standard InChI is InChI=1S/C27H30ClN3O4S/c1-27(2,20-5-7-23(8-6-20)35-18-22-9-10-30-26(31-22)36-3)21-15-19(17-29)25(24(28)16-21)34-14-13-33-12-4-11-32/h5-10,15-16,32H,4,11-14,18H2,1-3H3. The van der Waals surface area contributed by atoms with E-state index in [9.17, 15) is 5.26 Å². The molecule has 1 heterocycles. The molecule has 2 aromatic carbocycles. The quantitative estimate of drug-likeness (QED) is 0.179. The van der Waals surface area contributed by atoms with E-state index in [1.165, 1.54) is 11.8 Å². The first kappa shape index (κ1) is 27.8. The average molecular weight is 528 g/mol. The molecule has 3 aromatic rings. The first-order valence-electron chi connectivity index (χ1n) is 11.5. The molecule has 1 aromatic heterocycles. The Labute approximate surface area is 221 Å². The summed E-state index contributed by atoms with van der Waals surface area (Å²) in [4.78, 5) is 8.61. The highest BCUT2D eigenvalue weighted by molar-refractivity contribution is 7.98. The lowest BCUT2D eigenvalue weighted by atomic mass is 9.77. The van der Waals surface area contributed by atoms with Crippen molar-refractivity contribution < 1.29 is 19.3 Å². The number of thioether (sulfide) groups is 1. The zero-order valence-electron chi connectivity index (χ0n) is 20.7. The number of benzene rings is 2. The molecule has 0 spiro atoms. The van der Waals surface area contributed by atoms with Gasteiger partial charge >= 0.3 is 0 Å². The summed E-state index contributed by atoms with van der Waals surface area (Å²) >= 11 is 8.02. The van der Waals surface area contributed by atoms with E-state index in [0.29, 0.717) is 47.7 Å². The summed E-state index contributed by atoms with van der Waals surface area (Å²) in [7, 11) is 0. The Morgan fingerprint density at radius 3 is 2.53 bits per heavy atom. The van der Waals surface area contributed by atoms with E-state index in [-0.39, 0.29) is 13.2 Å². The molecule has 0 atom stereocenters.